The van der Waals surface area contributed by atoms with Gasteiger partial charge in [-0.1, -0.05) is 56.5 Å². The number of benzene rings is 1. The van der Waals surface area contributed by atoms with E-state index in [-0.39, 0.29) is 13.0 Å². The second-order valence-corrected chi connectivity index (χ2v) is 9.27. The van der Waals surface area contributed by atoms with Gasteiger partial charge in [0, 0.05) is 6.42 Å². The molecule has 0 bridgehead atoms. The maximum Gasteiger partial charge on any atom is 0.208 e. The highest BCUT2D eigenvalue weighted by Gasteiger charge is 2.53. The monoisotopic (exact) mass is 475 g/mol. The third-order valence-electron chi connectivity index (χ3n) is 6.24. The van der Waals surface area contributed by atoms with Crippen LogP contribution < -0.4 is 5.32 Å². The zero-order valence-electron chi connectivity index (χ0n) is 18.8. The number of amidine groups is 1. The van der Waals surface area contributed by atoms with Gasteiger partial charge < -0.3 is 20.1 Å². The standard InChI is InChI=1S/C23H33N5O4S/c1-2-3-4-8-11-24-22-27-19-20(28(22)21-18(33)17(30)16(13-29)32-21)25-14-26-23(19,31)12-15-9-6-5-7-10-15/h5-7,9-10,14,16-18,21-22,24,29-31,33H,2-4,8,11-13H2,1H3/t16-,17-,18-,21-,22?,23?/m1/s1. The Morgan fingerprint density at radius 1 is 1.21 bits per heavy atom. The Morgan fingerprint density at radius 3 is 2.70 bits per heavy atom. The van der Waals surface area contributed by atoms with E-state index in [1.165, 1.54) is 6.34 Å². The Balaban J connectivity index is 1.60. The minimum atomic E-state index is -1.57. The maximum atomic E-state index is 11.5. The molecule has 3 heterocycles. The predicted octanol–water partition coefficient (Wildman–Crippen LogP) is 0.945. The number of hydrogen-bond donors (Lipinski definition) is 5. The molecule has 0 aromatic heterocycles. The van der Waals surface area contributed by atoms with Crippen LogP contribution in [0.15, 0.2) is 45.3 Å². The fourth-order valence-electron chi connectivity index (χ4n) is 4.44. The third kappa shape index (κ3) is 5.01. The maximum absolute atomic E-state index is 11.5. The first-order valence-electron chi connectivity index (χ1n) is 11.6. The number of hydrogen-bond acceptors (Lipinski definition) is 10. The molecule has 0 spiro atoms. The van der Waals surface area contributed by atoms with Crippen LogP contribution in [0.2, 0.25) is 0 Å². The minimum absolute atomic E-state index is 0.247. The molecule has 33 heavy (non-hydrogen) atoms. The number of thiol groups is 1. The van der Waals surface area contributed by atoms with Crippen LogP contribution in [0.1, 0.15) is 38.2 Å². The molecule has 1 aromatic rings. The predicted molar refractivity (Wildman–Crippen MR) is 131 cm³/mol. The fourth-order valence-corrected chi connectivity index (χ4v) is 4.84. The Bertz CT molecular complexity index is 898. The molecular weight excluding hydrogens is 442 g/mol. The number of rotatable bonds is 10. The average Bonchev–Trinajstić information content (AvgIpc) is 3.32. The lowest BCUT2D eigenvalue weighted by molar-refractivity contribution is -0.0668. The van der Waals surface area contributed by atoms with Gasteiger partial charge in [0.25, 0.3) is 0 Å². The second kappa shape index (κ2) is 10.6. The number of aliphatic hydroxyl groups is 3. The first-order valence-corrected chi connectivity index (χ1v) is 12.1. The number of nitrogens with one attached hydrogen (secondary N) is 1. The van der Waals surface area contributed by atoms with Crippen molar-refractivity contribution >= 4 is 30.5 Å². The molecule has 180 valence electrons. The van der Waals surface area contributed by atoms with Crippen LogP contribution >= 0.6 is 12.6 Å². The van der Waals surface area contributed by atoms with Gasteiger partial charge in [-0.15, -0.1) is 0 Å². The molecule has 1 fully saturated rings. The molecule has 4 rings (SSSR count). The third-order valence-corrected chi connectivity index (χ3v) is 6.80. The van der Waals surface area contributed by atoms with E-state index in [9.17, 15) is 15.3 Å². The highest BCUT2D eigenvalue weighted by molar-refractivity contribution is 7.81. The fraction of sp³-hybridized carbons (Fsp3) is 0.609. The SMILES string of the molecule is CCCCCCNC1N=C2C(=NC=NC2(O)Cc2ccccc2)N1[C@@H]1O[C@H](CO)[C@@H](O)[C@H]1S. The van der Waals surface area contributed by atoms with Crippen LogP contribution in [0.4, 0.5) is 0 Å². The highest BCUT2D eigenvalue weighted by Crippen LogP contribution is 2.34. The molecule has 9 nitrogen and oxygen atoms in total. The Hall–Kier alpha value is -1.82. The number of aliphatic imine (C=N–C) groups is 3. The van der Waals surface area contributed by atoms with Gasteiger partial charge in [-0.25, -0.2) is 15.0 Å². The van der Waals surface area contributed by atoms with E-state index in [1.807, 2.05) is 30.3 Å². The molecule has 0 radical (unpaired) electrons. The van der Waals surface area contributed by atoms with Gasteiger partial charge in [0.1, 0.15) is 24.4 Å². The van der Waals surface area contributed by atoms with Crippen molar-refractivity contribution in [3.63, 3.8) is 0 Å². The molecule has 2 unspecified atom stereocenters. The Morgan fingerprint density at radius 2 is 2.00 bits per heavy atom. The largest absolute Gasteiger partial charge is 0.394 e. The number of ether oxygens (including phenoxy) is 1. The van der Waals surface area contributed by atoms with Crippen LogP contribution in [0.5, 0.6) is 0 Å². The zero-order valence-corrected chi connectivity index (χ0v) is 19.7. The molecule has 1 aromatic carbocycles. The normalized spacial score (nSPS) is 33.2. The van der Waals surface area contributed by atoms with Crippen molar-refractivity contribution in [3.8, 4) is 0 Å². The summed E-state index contributed by atoms with van der Waals surface area (Å²) in [6.07, 6.45) is 3.04. The first kappa shape index (κ1) is 24.3. The van der Waals surface area contributed by atoms with Crippen LogP contribution in [-0.2, 0) is 11.2 Å². The molecule has 0 amide bonds. The Kier molecular flexibility index (Phi) is 7.83. The van der Waals surface area contributed by atoms with E-state index in [4.69, 9.17) is 9.73 Å². The van der Waals surface area contributed by atoms with Gasteiger partial charge >= 0.3 is 0 Å². The van der Waals surface area contributed by atoms with Crippen LogP contribution in [-0.4, -0.2) is 87.0 Å². The van der Waals surface area contributed by atoms with Crippen molar-refractivity contribution < 1.29 is 20.1 Å². The first-order chi connectivity index (χ1) is 16.0. The van der Waals surface area contributed by atoms with Gasteiger partial charge in [-0.3, -0.25) is 10.2 Å². The summed E-state index contributed by atoms with van der Waals surface area (Å²) in [6.45, 7) is 2.57. The summed E-state index contributed by atoms with van der Waals surface area (Å²) in [7, 11) is 0. The number of aliphatic hydroxyl groups excluding tert-OH is 2. The van der Waals surface area contributed by atoms with Crippen molar-refractivity contribution in [2.75, 3.05) is 13.2 Å². The van der Waals surface area contributed by atoms with Gasteiger partial charge in [0.15, 0.2) is 12.1 Å². The topological polar surface area (TPSA) is 122 Å². The summed E-state index contributed by atoms with van der Waals surface area (Å²) < 4.78 is 5.96. The number of fused-ring (bicyclic) bond motifs is 1. The summed E-state index contributed by atoms with van der Waals surface area (Å²) in [6, 6.07) is 9.62. The van der Waals surface area contributed by atoms with Gasteiger partial charge in [-0.2, -0.15) is 12.6 Å². The summed E-state index contributed by atoms with van der Waals surface area (Å²) in [5.41, 5.74) is -0.302. The molecule has 1 saturated heterocycles. The number of nitrogens with zero attached hydrogens (tertiary/aromatic N) is 4. The Labute approximate surface area is 199 Å². The van der Waals surface area contributed by atoms with E-state index in [2.05, 4.69) is 34.9 Å². The molecule has 6 atom stereocenters. The minimum Gasteiger partial charge on any atom is -0.394 e. The van der Waals surface area contributed by atoms with Crippen molar-refractivity contribution in [1.82, 2.24) is 10.2 Å². The molecular formula is C23H33N5O4S. The molecule has 4 N–H and O–H groups in total. The number of unbranched alkanes of at least 4 members (excludes halogenated alkanes) is 3. The molecule has 0 saturated carbocycles. The van der Waals surface area contributed by atoms with Crippen LogP contribution in [0.25, 0.3) is 0 Å². The summed E-state index contributed by atoms with van der Waals surface area (Å²) in [4.78, 5) is 15.3. The van der Waals surface area contributed by atoms with E-state index < -0.39 is 35.7 Å². The molecule has 3 aliphatic heterocycles. The van der Waals surface area contributed by atoms with Crippen LogP contribution in [0, 0.1) is 0 Å². The van der Waals surface area contributed by atoms with E-state index >= 15 is 0 Å². The quantitative estimate of drug-likeness (QED) is 0.254. The van der Waals surface area contributed by atoms with Gasteiger partial charge in [0.2, 0.25) is 5.72 Å². The van der Waals surface area contributed by atoms with E-state index in [1.54, 1.807) is 4.90 Å². The molecule has 10 heteroatoms. The van der Waals surface area contributed by atoms with Gasteiger partial charge in [0.05, 0.1) is 18.0 Å². The summed E-state index contributed by atoms with van der Waals surface area (Å²) >= 11 is 4.57. The summed E-state index contributed by atoms with van der Waals surface area (Å²) in [5.74, 6) is 0.435. The van der Waals surface area contributed by atoms with Crippen molar-refractivity contribution in [2.45, 2.75) is 74.7 Å². The smallest absolute Gasteiger partial charge is 0.208 e. The highest BCUT2D eigenvalue weighted by atomic mass is 32.1. The lowest BCUT2D eigenvalue weighted by atomic mass is 9.97. The second-order valence-electron chi connectivity index (χ2n) is 8.68. The zero-order chi connectivity index (χ0) is 23.4. The summed E-state index contributed by atoms with van der Waals surface area (Å²) in [5, 5.41) is 34.4. The molecule has 0 aliphatic carbocycles. The van der Waals surface area contributed by atoms with Crippen molar-refractivity contribution in [3.05, 3.63) is 35.9 Å². The lowest BCUT2D eigenvalue weighted by Crippen LogP contribution is -2.56. The van der Waals surface area contributed by atoms with Gasteiger partial charge in [-0.05, 0) is 18.5 Å². The van der Waals surface area contributed by atoms with E-state index in [0.717, 1.165) is 37.8 Å². The van der Waals surface area contributed by atoms with Crippen LogP contribution in [0.3, 0.4) is 0 Å². The van der Waals surface area contributed by atoms with Crippen molar-refractivity contribution in [2.24, 2.45) is 15.0 Å². The lowest BCUT2D eigenvalue weighted by Gasteiger charge is -2.35. The van der Waals surface area contributed by atoms with Crippen molar-refractivity contribution in [1.29, 1.82) is 0 Å². The average molecular weight is 476 g/mol. The molecule has 3 aliphatic rings. The van der Waals surface area contributed by atoms with E-state index in [0.29, 0.717) is 11.5 Å².